The Balaban J connectivity index is 2.72. The van der Waals surface area contributed by atoms with E-state index in [1.54, 1.807) is 6.08 Å². The zero-order valence-electron chi connectivity index (χ0n) is 8.14. The van der Waals surface area contributed by atoms with Crippen LogP contribution in [0.3, 0.4) is 0 Å². The summed E-state index contributed by atoms with van der Waals surface area (Å²) in [6.07, 6.45) is 2.16. The molecule has 1 aromatic rings. The number of sulfonamides is 1. The fourth-order valence-electron chi connectivity index (χ4n) is 0.954. The van der Waals surface area contributed by atoms with Crippen LogP contribution in [0.25, 0.3) is 0 Å². The molecule has 0 amide bonds. The highest BCUT2D eigenvalue weighted by Gasteiger charge is 2.17. The Morgan fingerprint density at radius 3 is 2.80 bits per heavy atom. The van der Waals surface area contributed by atoms with Gasteiger partial charge in [0.25, 0.3) is 10.0 Å². The van der Waals surface area contributed by atoms with E-state index >= 15 is 0 Å². The van der Waals surface area contributed by atoms with Gasteiger partial charge in [-0.1, -0.05) is 6.08 Å². The minimum atomic E-state index is -3.60. The molecule has 84 valence electrons. The summed E-state index contributed by atoms with van der Waals surface area (Å²) < 4.78 is 30.3. The number of aliphatic hydroxyl groups excluding tert-OH is 1. The highest BCUT2D eigenvalue weighted by atomic mass is 32.2. The summed E-state index contributed by atoms with van der Waals surface area (Å²) in [6, 6.07) is 2.73. The van der Waals surface area contributed by atoms with Crippen molar-refractivity contribution >= 4 is 10.0 Å². The molecule has 0 saturated carbocycles. The molecule has 0 spiro atoms. The van der Waals surface area contributed by atoms with E-state index in [1.165, 1.54) is 12.1 Å². The zero-order chi connectivity index (χ0) is 11.3. The molecule has 2 N–H and O–H groups in total. The van der Waals surface area contributed by atoms with Crippen LogP contribution in [0.5, 0.6) is 0 Å². The van der Waals surface area contributed by atoms with Gasteiger partial charge in [0.1, 0.15) is 12.4 Å². The molecule has 0 radical (unpaired) electrons. The fourth-order valence-corrected chi connectivity index (χ4v) is 1.95. The maximum atomic E-state index is 11.5. The third kappa shape index (κ3) is 3.19. The zero-order valence-corrected chi connectivity index (χ0v) is 8.96. The van der Waals surface area contributed by atoms with Crippen LogP contribution in [0.4, 0.5) is 0 Å². The minimum absolute atomic E-state index is 0.185. The molecule has 1 rings (SSSR count). The van der Waals surface area contributed by atoms with E-state index in [0.29, 0.717) is 6.42 Å². The topological polar surface area (TPSA) is 79.5 Å². The highest BCUT2D eigenvalue weighted by Crippen LogP contribution is 2.13. The molecule has 0 aliphatic heterocycles. The predicted octanol–water partition coefficient (Wildman–Crippen LogP) is 0.626. The number of hydrogen-bond donors (Lipinski definition) is 2. The maximum Gasteiger partial charge on any atom is 0.273 e. The Morgan fingerprint density at radius 1 is 1.53 bits per heavy atom. The molecule has 0 bridgehead atoms. The van der Waals surface area contributed by atoms with Crippen molar-refractivity contribution in [2.45, 2.75) is 18.1 Å². The Bertz CT molecular complexity index is 421. The summed E-state index contributed by atoms with van der Waals surface area (Å²) in [5.41, 5.74) is 0. The minimum Gasteiger partial charge on any atom is -0.446 e. The van der Waals surface area contributed by atoms with Crippen LogP contribution in [0.15, 0.2) is 34.3 Å². The quantitative estimate of drug-likeness (QED) is 0.556. The van der Waals surface area contributed by atoms with E-state index in [0.717, 1.165) is 0 Å². The van der Waals surface area contributed by atoms with Gasteiger partial charge >= 0.3 is 0 Å². The molecule has 0 atom stereocenters. The first kappa shape index (κ1) is 12.0. The van der Waals surface area contributed by atoms with Crippen molar-refractivity contribution < 1.29 is 17.9 Å². The second kappa shape index (κ2) is 5.11. The van der Waals surface area contributed by atoms with Gasteiger partial charge in [-0.25, -0.2) is 13.1 Å². The van der Waals surface area contributed by atoms with Crippen molar-refractivity contribution in [1.82, 2.24) is 4.72 Å². The van der Waals surface area contributed by atoms with Crippen molar-refractivity contribution in [3.63, 3.8) is 0 Å². The van der Waals surface area contributed by atoms with Crippen LogP contribution in [0.2, 0.25) is 0 Å². The van der Waals surface area contributed by atoms with E-state index < -0.39 is 10.0 Å². The Kier molecular flexibility index (Phi) is 4.07. The summed E-state index contributed by atoms with van der Waals surface area (Å²) in [5.74, 6) is 0.221. The monoisotopic (exact) mass is 231 g/mol. The smallest absolute Gasteiger partial charge is 0.273 e. The van der Waals surface area contributed by atoms with Gasteiger partial charge in [0.05, 0.1) is 0 Å². The molecule has 1 aromatic heterocycles. The highest BCUT2D eigenvalue weighted by molar-refractivity contribution is 7.89. The van der Waals surface area contributed by atoms with Crippen LogP contribution in [0, 0.1) is 0 Å². The van der Waals surface area contributed by atoms with Crippen LogP contribution in [0.1, 0.15) is 12.2 Å². The predicted molar refractivity (Wildman–Crippen MR) is 54.6 cm³/mol. The van der Waals surface area contributed by atoms with Crippen molar-refractivity contribution in [2.24, 2.45) is 0 Å². The second-order valence-corrected chi connectivity index (χ2v) is 4.55. The van der Waals surface area contributed by atoms with Gasteiger partial charge in [-0.3, -0.25) is 0 Å². The van der Waals surface area contributed by atoms with Crippen molar-refractivity contribution in [2.75, 3.05) is 6.54 Å². The first-order valence-electron chi connectivity index (χ1n) is 4.40. The summed E-state index contributed by atoms with van der Waals surface area (Å²) in [6.45, 7) is 3.44. The number of aliphatic hydroxyl groups is 1. The molecule has 0 aliphatic carbocycles. The summed E-state index contributed by atoms with van der Waals surface area (Å²) in [7, 11) is -3.60. The fraction of sp³-hybridized carbons (Fsp3) is 0.333. The van der Waals surface area contributed by atoms with Gasteiger partial charge in [-0.2, -0.15) is 0 Å². The molecule has 1 heterocycles. The second-order valence-electron chi connectivity index (χ2n) is 2.85. The summed E-state index contributed by atoms with van der Waals surface area (Å²) in [4.78, 5) is 0. The van der Waals surface area contributed by atoms with E-state index in [9.17, 15) is 8.42 Å². The van der Waals surface area contributed by atoms with Crippen LogP contribution in [-0.2, 0) is 16.6 Å². The lowest BCUT2D eigenvalue weighted by Gasteiger charge is -2.01. The molecule has 5 nitrogen and oxygen atoms in total. The lowest BCUT2D eigenvalue weighted by molar-refractivity contribution is 0.236. The largest absolute Gasteiger partial charge is 0.446 e. The van der Waals surface area contributed by atoms with E-state index in [4.69, 9.17) is 9.52 Å². The number of furan rings is 1. The maximum absolute atomic E-state index is 11.5. The van der Waals surface area contributed by atoms with Crippen LogP contribution < -0.4 is 4.72 Å². The molecule has 0 saturated heterocycles. The van der Waals surface area contributed by atoms with Gasteiger partial charge in [0.2, 0.25) is 5.09 Å². The Morgan fingerprint density at radius 2 is 2.27 bits per heavy atom. The molecule has 15 heavy (non-hydrogen) atoms. The standard InChI is InChI=1S/C9H13NO4S/c1-2-3-6-10-15(12,13)9-5-4-8(7-11)14-9/h2,4-5,10-11H,1,3,6-7H2. The van der Waals surface area contributed by atoms with Gasteiger partial charge in [0.15, 0.2) is 0 Å². The van der Waals surface area contributed by atoms with Crippen molar-refractivity contribution in [3.8, 4) is 0 Å². The van der Waals surface area contributed by atoms with Crippen molar-refractivity contribution in [3.05, 3.63) is 30.5 Å². The van der Waals surface area contributed by atoms with Crippen molar-refractivity contribution in [1.29, 1.82) is 0 Å². The number of nitrogens with one attached hydrogen (secondary N) is 1. The Hall–Kier alpha value is -1.11. The van der Waals surface area contributed by atoms with Gasteiger partial charge in [-0.05, 0) is 18.6 Å². The molecular weight excluding hydrogens is 218 g/mol. The molecule has 0 fully saturated rings. The molecule has 0 aromatic carbocycles. The van der Waals surface area contributed by atoms with Gasteiger partial charge in [0, 0.05) is 6.54 Å². The Labute approximate surface area is 88.5 Å². The number of rotatable bonds is 6. The summed E-state index contributed by atoms with van der Waals surface area (Å²) in [5, 5.41) is 8.52. The molecule has 0 unspecified atom stereocenters. The van der Waals surface area contributed by atoms with Crippen LogP contribution >= 0.6 is 0 Å². The summed E-state index contributed by atoms with van der Waals surface area (Å²) >= 11 is 0. The van der Waals surface area contributed by atoms with E-state index in [2.05, 4.69) is 11.3 Å². The number of hydrogen-bond acceptors (Lipinski definition) is 4. The van der Waals surface area contributed by atoms with E-state index in [1.807, 2.05) is 0 Å². The molecule has 6 heteroatoms. The lowest BCUT2D eigenvalue weighted by Crippen LogP contribution is -2.24. The third-order valence-electron chi connectivity index (χ3n) is 1.70. The SMILES string of the molecule is C=CCCNS(=O)(=O)c1ccc(CO)o1. The molecular formula is C9H13NO4S. The first-order chi connectivity index (χ1) is 7.10. The van der Waals surface area contributed by atoms with Crippen LogP contribution in [-0.4, -0.2) is 20.1 Å². The average Bonchev–Trinajstić information content (AvgIpc) is 2.66. The van der Waals surface area contributed by atoms with Gasteiger partial charge < -0.3 is 9.52 Å². The van der Waals surface area contributed by atoms with E-state index in [-0.39, 0.29) is 24.0 Å². The molecule has 0 aliphatic rings. The normalized spacial score (nSPS) is 11.5. The third-order valence-corrected chi connectivity index (χ3v) is 3.03. The first-order valence-corrected chi connectivity index (χ1v) is 5.88. The van der Waals surface area contributed by atoms with Gasteiger partial charge in [-0.15, -0.1) is 6.58 Å². The average molecular weight is 231 g/mol. The lowest BCUT2D eigenvalue weighted by atomic mass is 10.4.